The van der Waals surface area contributed by atoms with Gasteiger partial charge in [0.1, 0.15) is 0 Å². The van der Waals surface area contributed by atoms with Gasteiger partial charge in [-0.1, -0.05) is 12.8 Å². The van der Waals surface area contributed by atoms with Gasteiger partial charge in [-0.2, -0.15) is 0 Å². The smallest absolute Gasteiger partial charge is 0.303 e. The predicted molar refractivity (Wildman–Crippen MR) is 71.2 cm³/mol. The number of nitrogens with two attached hydrogens (primary N) is 1. The van der Waals surface area contributed by atoms with Crippen molar-refractivity contribution in [3.05, 3.63) is 0 Å². The first-order chi connectivity index (χ1) is 8.56. The Balaban J connectivity index is 3.46. The average molecular weight is 258 g/mol. The minimum Gasteiger partial charge on any atom is -0.481 e. The standard InChI is InChI=1S/C13H26N2O3/c1-11(7-6-9-13(17)18)15-12(16)8-4-2-3-5-10-14/h11H,2-10,14H2,1H3,(H,15,16)(H,17,18). The number of aliphatic carboxylic acids is 1. The molecule has 106 valence electrons. The summed E-state index contributed by atoms with van der Waals surface area (Å²) in [6, 6.07) is 0.0564. The first kappa shape index (κ1) is 16.9. The molecule has 0 spiro atoms. The summed E-state index contributed by atoms with van der Waals surface area (Å²) in [6.45, 7) is 2.63. The molecule has 0 bridgehead atoms. The topological polar surface area (TPSA) is 92.4 Å². The number of nitrogens with one attached hydrogen (secondary N) is 1. The molecule has 4 N–H and O–H groups in total. The van der Waals surface area contributed by atoms with Gasteiger partial charge in [-0.15, -0.1) is 0 Å². The van der Waals surface area contributed by atoms with Crippen LogP contribution < -0.4 is 11.1 Å². The van der Waals surface area contributed by atoms with Gasteiger partial charge in [-0.3, -0.25) is 9.59 Å². The summed E-state index contributed by atoms with van der Waals surface area (Å²) in [4.78, 5) is 21.9. The molecule has 1 unspecified atom stereocenters. The molecule has 0 aliphatic carbocycles. The quantitative estimate of drug-likeness (QED) is 0.491. The molecule has 0 aromatic heterocycles. The van der Waals surface area contributed by atoms with E-state index in [2.05, 4.69) is 5.32 Å². The van der Waals surface area contributed by atoms with Crippen LogP contribution in [0.25, 0.3) is 0 Å². The molecule has 0 aromatic rings. The van der Waals surface area contributed by atoms with Gasteiger partial charge in [0.25, 0.3) is 0 Å². The molecule has 5 nitrogen and oxygen atoms in total. The molecule has 1 atom stereocenters. The third kappa shape index (κ3) is 11.4. The molecule has 0 saturated carbocycles. The van der Waals surface area contributed by atoms with E-state index in [-0.39, 0.29) is 18.4 Å². The van der Waals surface area contributed by atoms with Crippen molar-refractivity contribution in [3.8, 4) is 0 Å². The van der Waals surface area contributed by atoms with E-state index in [0.29, 0.717) is 25.8 Å². The van der Waals surface area contributed by atoms with E-state index in [4.69, 9.17) is 10.8 Å². The maximum Gasteiger partial charge on any atom is 0.303 e. The highest BCUT2D eigenvalue weighted by Crippen LogP contribution is 2.04. The zero-order valence-electron chi connectivity index (χ0n) is 11.3. The average Bonchev–Trinajstić information content (AvgIpc) is 2.28. The van der Waals surface area contributed by atoms with Crippen LogP contribution in [0, 0.1) is 0 Å². The molecule has 0 aliphatic heterocycles. The third-order valence-electron chi connectivity index (χ3n) is 2.79. The number of carboxylic acid groups (broad SMARTS) is 1. The van der Waals surface area contributed by atoms with Crippen molar-refractivity contribution in [2.45, 2.75) is 64.3 Å². The molecule has 1 amide bonds. The van der Waals surface area contributed by atoms with Crippen molar-refractivity contribution in [1.82, 2.24) is 5.32 Å². The van der Waals surface area contributed by atoms with Gasteiger partial charge in [-0.25, -0.2) is 0 Å². The Morgan fingerprint density at radius 1 is 1.11 bits per heavy atom. The van der Waals surface area contributed by atoms with E-state index in [9.17, 15) is 9.59 Å². The fourth-order valence-electron chi connectivity index (χ4n) is 1.76. The lowest BCUT2D eigenvalue weighted by molar-refractivity contribution is -0.137. The number of rotatable bonds is 11. The molecule has 0 rings (SSSR count). The Morgan fingerprint density at radius 3 is 2.39 bits per heavy atom. The van der Waals surface area contributed by atoms with Crippen LogP contribution in [0.4, 0.5) is 0 Å². The highest BCUT2D eigenvalue weighted by molar-refractivity contribution is 5.76. The van der Waals surface area contributed by atoms with Crippen LogP contribution in [-0.4, -0.2) is 29.6 Å². The lowest BCUT2D eigenvalue weighted by Gasteiger charge is -2.13. The van der Waals surface area contributed by atoms with Gasteiger partial charge >= 0.3 is 5.97 Å². The Bertz CT molecular complexity index is 244. The van der Waals surface area contributed by atoms with Crippen LogP contribution in [0.15, 0.2) is 0 Å². The number of unbranched alkanes of at least 4 members (excludes halogenated alkanes) is 3. The monoisotopic (exact) mass is 258 g/mol. The molecular weight excluding hydrogens is 232 g/mol. The van der Waals surface area contributed by atoms with Gasteiger partial charge in [-0.05, 0) is 39.2 Å². The summed E-state index contributed by atoms with van der Waals surface area (Å²) < 4.78 is 0. The van der Waals surface area contributed by atoms with E-state index in [0.717, 1.165) is 25.7 Å². The molecule has 0 aliphatic rings. The summed E-state index contributed by atoms with van der Waals surface area (Å²) in [5.74, 6) is -0.723. The molecule has 0 radical (unpaired) electrons. The number of hydrogen-bond donors (Lipinski definition) is 3. The number of carbonyl (C=O) groups excluding carboxylic acids is 1. The van der Waals surface area contributed by atoms with Crippen LogP contribution in [0.3, 0.4) is 0 Å². The van der Waals surface area contributed by atoms with Crippen LogP contribution in [-0.2, 0) is 9.59 Å². The van der Waals surface area contributed by atoms with Crippen molar-refractivity contribution >= 4 is 11.9 Å². The van der Waals surface area contributed by atoms with Gasteiger partial charge in [0.05, 0.1) is 0 Å². The van der Waals surface area contributed by atoms with E-state index >= 15 is 0 Å². The number of carbonyl (C=O) groups is 2. The van der Waals surface area contributed by atoms with E-state index in [1.807, 2.05) is 6.92 Å². The zero-order chi connectivity index (χ0) is 13.8. The lowest BCUT2D eigenvalue weighted by atomic mass is 10.1. The van der Waals surface area contributed by atoms with E-state index in [1.165, 1.54) is 0 Å². The molecule has 0 aromatic carbocycles. The van der Waals surface area contributed by atoms with Crippen molar-refractivity contribution in [3.63, 3.8) is 0 Å². The zero-order valence-corrected chi connectivity index (χ0v) is 11.3. The Kier molecular flexibility index (Phi) is 10.3. The molecule has 0 saturated heterocycles. The lowest BCUT2D eigenvalue weighted by Crippen LogP contribution is -2.32. The maximum absolute atomic E-state index is 11.5. The maximum atomic E-state index is 11.5. The molecule has 5 heteroatoms. The third-order valence-corrected chi connectivity index (χ3v) is 2.79. The van der Waals surface area contributed by atoms with E-state index < -0.39 is 5.97 Å². The minimum atomic E-state index is -0.784. The summed E-state index contributed by atoms with van der Waals surface area (Å²) in [6.07, 6.45) is 6.07. The molecular formula is C13H26N2O3. The molecule has 18 heavy (non-hydrogen) atoms. The summed E-state index contributed by atoms with van der Waals surface area (Å²) >= 11 is 0. The fourth-order valence-corrected chi connectivity index (χ4v) is 1.76. The van der Waals surface area contributed by atoms with Crippen molar-refractivity contribution in [1.29, 1.82) is 0 Å². The summed E-state index contributed by atoms with van der Waals surface area (Å²) in [7, 11) is 0. The summed E-state index contributed by atoms with van der Waals surface area (Å²) in [5.41, 5.74) is 5.38. The second-order valence-electron chi connectivity index (χ2n) is 4.71. The SMILES string of the molecule is CC(CCCC(=O)O)NC(=O)CCCCCCN. The van der Waals surface area contributed by atoms with Crippen LogP contribution >= 0.6 is 0 Å². The fraction of sp³-hybridized carbons (Fsp3) is 0.846. The van der Waals surface area contributed by atoms with E-state index in [1.54, 1.807) is 0 Å². The Morgan fingerprint density at radius 2 is 1.78 bits per heavy atom. The summed E-state index contributed by atoms with van der Waals surface area (Å²) in [5, 5.41) is 11.4. The van der Waals surface area contributed by atoms with Gasteiger partial charge in [0.15, 0.2) is 0 Å². The van der Waals surface area contributed by atoms with Crippen LogP contribution in [0.5, 0.6) is 0 Å². The van der Waals surface area contributed by atoms with Gasteiger partial charge < -0.3 is 16.2 Å². The predicted octanol–water partition coefficient (Wildman–Crippen LogP) is 1.66. The van der Waals surface area contributed by atoms with Crippen molar-refractivity contribution in [2.75, 3.05) is 6.54 Å². The molecule has 0 fully saturated rings. The minimum absolute atomic E-state index is 0.0564. The normalized spacial score (nSPS) is 12.1. The first-order valence-corrected chi connectivity index (χ1v) is 6.77. The Hall–Kier alpha value is -1.10. The van der Waals surface area contributed by atoms with Crippen molar-refractivity contribution < 1.29 is 14.7 Å². The first-order valence-electron chi connectivity index (χ1n) is 6.77. The number of amides is 1. The second kappa shape index (κ2) is 11.0. The highest BCUT2D eigenvalue weighted by Gasteiger charge is 2.07. The second-order valence-corrected chi connectivity index (χ2v) is 4.71. The Labute approximate surface area is 109 Å². The highest BCUT2D eigenvalue weighted by atomic mass is 16.4. The van der Waals surface area contributed by atoms with Gasteiger partial charge in [0.2, 0.25) is 5.91 Å². The van der Waals surface area contributed by atoms with Crippen molar-refractivity contribution in [2.24, 2.45) is 5.73 Å². The van der Waals surface area contributed by atoms with Gasteiger partial charge in [0, 0.05) is 18.9 Å². The number of hydrogen-bond acceptors (Lipinski definition) is 3. The molecule has 0 heterocycles. The number of carboxylic acids is 1. The van der Waals surface area contributed by atoms with Crippen LogP contribution in [0.2, 0.25) is 0 Å². The van der Waals surface area contributed by atoms with Crippen LogP contribution in [0.1, 0.15) is 58.3 Å². The largest absolute Gasteiger partial charge is 0.481 e.